The first kappa shape index (κ1) is 29.6. The molecule has 22 heavy (non-hydrogen) atoms. The first-order chi connectivity index (χ1) is 8.83. The van der Waals surface area contributed by atoms with Crippen molar-refractivity contribution in [1.82, 2.24) is 0 Å². The molecule has 3 N–H and O–H groups in total. The van der Waals surface area contributed by atoms with Crippen LogP contribution in [0.4, 0.5) is 0 Å². The number of carboxylic acid groups (broad SMARTS) is 3. The Morgan fingerprint density at radius 1 is 0.500 bits per heavy atom. The summed E-state index contributed by atoms with van der Waals surface area (Å²) < 4.78 is 0. The largest absolute Gasteiger partial charge is 0.481 e. The van der Waals surface area contributed by atoms with Gasteiger partial charge in [0.1, 0.15) is 0 Å². The van der Waals surface area contributed by atoms with Gasteiger partial charge in [0.05, 0.1) is 16.2 Å². The average molecular weight is 445 g/mol. The normalized spacial score (nSPS) is 10.8. The van der Waals surface area contributed by atoms with Gasteiger partial charge in [0.2, 0.25) is 0 Å². The second-order valence-corrected chi connectivity index (χ2v) is 7.67. The van der Waals surface area contributed by atoms with Gasteiger partial charge < -0.3 is 15.3 Å². The van der Waals surface area contributed by atoms with E-state index in [0.717, 1.165) is 0 Å². The molecular formula is C15H30LaO6. The van der Waals surface area contributed by atoms with Gasteiger partial charge in [-0.2, -0.15) is 0 Å². The summed E-state index contributed by atoms with van der Waals surface area (Å²) in [4.78, 5) is 30.1. The smallest absolute Gasteiger partial charge is 0.308 e. The van der Waals surface area contributed by atoms with Crippen LogP contribution in [0, 0.1) is 51.8 Å². The predicted molar refractivity (Wildman–Crippen MR) is 81.3 cm³/mol. The molecule has 0 aliphatic carbocycles. The standard InChI is InChI=1S/3C5H10O2.La/c3*1-5(2,3)4(6)7;/h3*1-3H3,(H,6,7);. The molecule has 1 radical (unpaired) electrons. The Morgan fingerprint density at radius 3 is 0.545 bits per heavy atom. The van der Waals surface area contributed by atoms with Crippen molar-refractivity contribution in [3.63, 3.8) is 0 Å². The monoisotopic (exact) mass is 445 g/mol. The summed E-state index contributed by atoms with van der Waals surface area (Å²) in [5, 5.41) is 24.8. The van der Waals surface area contributed by atoms with E-state index in [0.29, 0.717) is 0 Å². The van der Waals surface area contributed by atoms with Crippen LogP contribution in [-0.4, -0.2) is 33.2 Å². The molecule has 0 spiro atoms. The first-order valence-corrected chi connectivity index (χ1v) is 6.53. The summed E-state index contributed by atoms with van der Waals surface area (Å²) >= 11 is 0. The molecule has 0 atom stereocenters. The number of hydrogen-bond acceptors (Lipinski definition) is 3. The van der Waals surface area contributed by atoms with Crippen molar-refractivity contribution in [3.8, 4) is 0 Å². The van der Waals surface area contributed by atoms with Crippen molar-refractivity contribution in [1.29, 1.82) is 0 Å². The van der Waals surface area contributed by atoms with E-state index >= 15 is 0 Å². The van der Waals surface area contributed by atoms with Crippen LogP contribution in [0.5, 0.6) is 0 Å². The Labute approximate surface area is 161 Å². The van der Waals surface area contributed by atoms with Crippen LogP contribution in [0.15, 0.2) is 0 Å². The van der Waals surface area contributed by atoms with E-state index in [1.54, 1.807) is 62.3 Å². The Hall–Kier alpha value is -0.395. The molecular weight excluding hydrogens is 415 g/mol. The molecule has 0 aromatic rings. The second-order valence-electron chi connectivity index (χ2n) is 7.67. The first-order valence-electron chi connectivity index (χ1n) is 6.53. The van der Waals surface area contributed by atoms with E-state index in [9.17, 15) is 14.4 Å². The summed E-state index contributed by atoms with van der Waals surface area (Å²) in [5.41, 5.74) is -1.75. The van der Waals surface area contributed by atoms with Crippen molar-refractivity contribution in [3.05, 3.63) is 0 Å². The zero-order valence-electron chi connectivity index (χ0n) is 15.1. The van der Waals surface area contributed by atoms with Crippen LogP contribution >= 0.6 is 0 Å². The third kappa shape index (κ3) is 21.9. The van der Waals surface area contributed by atoms with Crippen LogP contribution in [0.2, 0.25) is 0 Å². The molecule has 0 aliphatic heterocycles. The molecule has 0 aromatic carbocycles. The van der Waals surface area contributed by atoms with Crippen molar-refractivity contribution in [2.45, 2.75) is 62.3 Å². The molecule has 0 aromatic heterocycles. The second kappa shape index (κ2) is 11.2. The molecule has 129 valence electrons. The molecule has 0 saturated carbocycles. The van der Waals surface area contributed by atoms with Crippen molar-refractivity contribution in [2.75, 3.05) is 0 Å². The topological polar surface area (TPSA) is 112 Å². The van der Waals surface area contributed by atoms with Crippen LogP contribution in [0.1, 0.15) is 62.3 Å². The summed E-state index contributed by atoms with van der Waals surface area (Å²) in [6, 6.07) is 0. The van der Waals surface area contributed by atoms with Crippen molar-refractivity contribution in [2.24, 2.45) is 16.2 Å². The third-order valence-electron chi connectivity index (χ3n) is 1.92. The fraction of sp³-hybridized carbons (Fsp3) is 0.800. The molecule has 6 nitrogen and oxygen atoms in total. The number of hydrogen-bond donors (Lipinski definition) is 3. The Kier molecular flexibility index (Phi) is 15.1. The van der Waals surface area contributed by atoms with Gasteiger partial charge in [-0.3, -0.25) is 14.4 Å². The van der Waals surface area contributed by atoms with E-state index in [4.69, 9.17) is 15.3 Å². The van der Waals surface area contributed by atoms with Gasteiger partial charge in [0, 0.05) is 35.6 Å². The molecule has 0 amide bonds. The summed E-state index contributed by atoms with van der Waals surface area (Å²) in [6.45, 7) is 15.0. The predicted octanol–water partition coefficient (Wildman–Crippen LogP) is 3.35. The Balaban J connectivity index is -0.000000108. The fourth-order valence-corrected chi connectivity index (χ4v) is 0. The van der Waals surface area contributed by atoms with Crippen LogP contribution in [0.3, 0.4) is 0 Å². The minimum absolute atomic E-state index is 0. The third-order valence-corrected chi connectivity index (χ3v) is 1.92. The van der Waals surface area contributed by atoms with Crippen LogP contribution in [0.25, 0.3) is 0 Å². The maximum absolute atomic E-state index is 10.0. The number of carboxylic acids is 3. The average Bonchev–Trinajstić information content (AvgIpc) is 2.14. The number of carbonyl (C=O) groups is 3. The molecule has 0 aliphatic rings. The quantitative estimate of drug-likeness (QED) is 0.527. The van der Waals surface area contributed by atoms with Crippen molar-refractivity contribution >= 4 is 17.9 Å². The van der Waals surface area contributed by atoms with E-state index in [1.807, 2.05) is 0 Å². The summed E-state index contributed by atoms with van der Waals surface area (Å²) in [7, 11) is 0. The number of rotatable bonds is 0. The molecule has 0 bridgehead atoms. The molecule has 0 rings (SSSR count). The number of aliphatic carboxylic acids is 3. The van der Waals surface area contributed by atoms with Gasteiger partial charge in [-0.25, -0.2) is 0 Å². The zero-order chi connectivity index (χ0) is 18.2. The van der Waals surface area contributed by atoms with E-state index in [1.165, 1.54) is 0 Å². The molecule has 7 heteroatoms. The van der Waals surface area contributed by atoms with E-state index < -0.39 is 34.2 Å². The zero-order valence-corrected chi connectivity index (χ0v) is 18.8. The minimum Gasteiger partial charge on any atom is -0.481 e. The molecule has 0 unspecified atom stereocenters. The van der Waals surface area contributed by atoms with Crippen LogP contribution in [-0.2, 0) is 14.4 Å². The van der Waals surface area contributed by atoms with Gasteiger partial charge in [-0.1, -0.05) is 0 Å². The van der Waals surface area contributed by atoms with E-state index in [2.05, 4.69) is 0 Å². The van der Waals surface area contributed by atoms with Gasteiger partial charge in [-0.05, 0) is 62.3 Å². The van der Waals surface area contributed by atoms with Gasteiger partial charge >= 0.3 is 17.9 Å². The van der Waals surface area contributed by atoms with Crippen LogP contribution < -0.4 is 0 Å². The fourth-order valence-electron chi connectivity index (χ4n) is 0. The van der Waals surface area contributed by atoms with Gasteiger partial charge in [0.25, 0.3) is 0 Å². The van der Waals surface area contributed by atoms with E-state index in [-0.39, 0.29) is 35.6 Å². The van der Waals surface area contributed by atoms with Crippen molar-refractivity contribution < 1.29 is 65.3 Å². The maximum Gasteiger partial charge on any atom is 0.308 e. The Morgan fingerprint density at radius 2 is 0.545 bits per heavy atom. The Bertz CT molecular complexity index is 299. The summed E-state index contributed by atoms with van der Waals surface area (Å²) in [6.07, 6.45) is 0. The minimum atomic E-state index is -0.757. The maximum atomic E-state index is 10.0. The molecule has 0 fully saturated rings. The molecule has 0 heterocycles. The summed E-state index contributed by atoms with van der Waals surface area (Å²) in [5.74, 6) is -2.27. The van der Waals surface area contributed by atoms with Gasteiger partial charge in [0.15, 0.2) is 0 Å². The van der Waals surface area contributed by atoms with Gasteiger partial charge in [-0.15, -0.1) is 0 Å². The SMILES string of the molecule is CC(C)(C)C(=O)O.CC(C)(C)C(=O)O.CC(C)(C)C(=O)O.[La]. The molecule has 0 saturated heterocycles.